The van der Waals surface area contributed by atoms with Crippen molar-refractivity contribution in [3.8, 4) is 0 Å². The lowest BCUT2D eigenvalue weighted by Crippen LogP contribution is -2.30. The molecule has 0 N–H and O–H groups in total. The molecule has 444 valence electrons. The highest BCUT2D eigenvalue weighted by Gasteiger charge is 2.19. The molecule has 0 aliphatic carbocycles. The summed E-state index contributed by atoms with van der Waals surface area (Å²) in [6.07, 6.45) is 86.2. The van der Waals surface area contributed by atoms with Gasteiger partial charge in [0.25, 0.3) is 0 Å². The molecule has 1 unspecified atom stereocenters. The molecular formula is C71H124O6. The molecule has 0 spiro atoms. The van der Waals surface area contributed by atoms with Crippen LogP contribution < -0.4 is 0 Å². The van der Waals surface area contributed by atoms with Gasteiger partial charge in [0.05, 0.1) is 0 Å². The molecule has 0 aliphatic heterocycles. The molecule has 77 heavy (non-hydrogen) atoms. The summed E-state index contributed by atoms with van der Waals surface area (Å²) >= 11 is 0. The molecule has 6 nitrogen and oxygen atoms in total. The molecule has 0 fully saturated rings. The number of esters is 3. The van der Waals surface area contributed by atoms with Gasteiger partial charge in [-0.1, -0.05) is 318 Å². The van der Waals surface area contributed by atoms with Crippen molar-refractivity contribution < 1.29 is 28.6 Å². The minimum absolute atomic E-state index is 0.0705. The van der Waals surface area contributed by atoms with Crippen LogP contribution in [0, 0.1) is 0 Å². The molecule has 0 radical (unpaired) electrons. The summed E-state index contributed by atoms with van der Waals surface area (Å²) < 4.78 is 16.9. The summed E-state index contributed by atoms with van der Waals surface area (Å²) in [7, 11) is 0. The van der Waals surface area contributed by atoms with Crippen LogP contribution >= 0.6 is 0 Å². The lowest BCUT2D eigenvalue weighted by Gasteiger charge is -2.18. The fraction of sp³-hybridized carbons (Fsp3) is 0.761. The zero-order chi connectivity index (χ0) is 55.7. The lowest BCUT2D eigenvalue weighted by atomic mass is 10.0. The Morgan fingerprint density at radius 2 is 0.506 bits per heavy atom. The third-order valence-electron chi connectivity index (χ3n) is 14.4. The molecule has 0 aromatic heterocycles. The van der Waals surface area contributed by atoms with Crippen LogP contribution in [0.3, 0.4) is 0 Å². The molecule has 0 bridgehead atoms. The molecule has 0 aromatic carbocycles. The number of ether oxygens (including phenoxy) is 3. The molecular weight excluding hydrogens is 949 g/mol. The van der Waals surface area contributed by atoms with Crippen molar-refractivity contribution in [2.45, 2.75) is 335 Å². The van der Waals surface area contributed by atoms with Crippen LogP contribution in [0.5, 0.6) is 0 Å². The van der Waals surface area contributed by atoms with Gasteiger partial charge in [-0.05, 0) is 77.0 Å². The van der Waals surface area contributed by atoms with Crippen LogP contribution in [-0.2, 0) is 28.6 Å². The van der Waals surface area contributed by atoms with E-state index < -0.39 is 6.10 Å². The van der Waals surface area contributed by atoms with Gasteiger partial charge in [-0.25, -0.2) is 0 Å². The zero-order valence-electron chi connectivity index (χ0n) is 51.0. The van der Waals surface area contributed by atoms with Gasteiger partial charge in [0.2, 0.25) is 0 Å². The second-order valence-corrected chi connectivity index (χ2v) is 22.0. The quantitative estimate of drug-likeness (QED) is 0.0261. The maximum absolute atomic E-state index is 12.8. The summed E-state index contributed by atoms with van der Waals surface area (Å²) in [6, 6.07) is 0. The van der Waals surface area contributed by atoms with Gasteiger partial charge >= 0.3 is 17.9 Å². The van der Waals surface area contributed by atoms with Crippen LogP contribution in [0.1, 0.15) is 329 Å². The van der Waals surface area contributed by atoms with E-state index in [9.17, 15) is 14.4 Å². The molecule has 6 heteroatoms. The van der Waals surface area contributed by atoms with Crippen molar-refractivity contribution in [1.82, 2.24) is 0 Å². The molecule has 0 amide bonds. The normalized spacial score (nSPS) is 12.6. The van der Waals surface area contributed by atoms with E-state index >= 15 is 0 Å². The maximum atomic E-state index is 12.8. The summed E-state index contributed by atoms with van der Waals surface area (Å²) in [5.41, 5.74) is 0. The van der Waals surface area contributed by atoms with Gasteiger partial charge in [0.15, 0.2) is 6.10 Å². The zero-order valence-corrected chi connectivity index (χ0v) is 51.0. The van der Waals surface area contributed by atoms with Gasteiger partial charge in [-0.3, -0.25) is 14.4 Å². The van der Waals surface area contributed by atoms with Crippen molar-refractivity contribution in [2.24, 2.45) is 0 Å². The Morgan fingerprint density at radius 3 is 0.792 bits per heavy atom. The molecule has 0 heterocycles. The Hall–Kier alpha value is -3.41. The number of unbranched alkanes of at least 4 members (excludes halogenated alkanes) is 35. The fourth-order valence-corrected chi connectivity index (χ4v) is 9.48. The van der Waals surface area contributed by atoms with Gasteiger partial charge in [-0.15, -0.1) is 0 Å². The molecule has 0 aromatic rings. The van der Waals surface area contributed by atoms with Crippen molar-refractivity contribution in [2.75, 3.05) is 13.2 Å². The first kappa shape index (κ1) is 73.6. The molecule has 0 aliphatic rings. The van der Waals surface area contributed by atoms with Crippen LogP contribution in [-0.4, -0.2) is 37.2 Å². The topological polar surface area (TPSA) is 78.9 Å². The van der Waals surface area contributed by atoms with Gasteiger partial charge < -0.3 is 14.2 Å². The number of hydrogen-bond acceptors (Lipinski definition) is 6. The van der Waals surface area contributed by atoms with Gasteiger partial charge in [-0.2, -0.15) is 0 Å². The highest BCUT2D eigenvalue weighted by Crippen LogP contribution is 2.17. The molecule has 0 rings (SSSR count). The summed E-state index contributed by atoms with van der Waals surface area (Å²) in [6.45, 7) is 6.53. The number of allylic oxidation sites excluding steroid dienone is 14. The fourth-order valence-electron chi connectivity index (χ4n) is 9.48. The Morgan fingerprint density at radius 1 is 0.273 bits per heavy atom. The second kappa shape index (κ2) is 65.1. The predicted molar refractivity (Wildman–Crippen MR) is 334 cm³/mol. The van der Waals surface area contributed by atoms with Crippen LogP contribution in [0.25, 0.3) is 0 Å². The lowest BCUT2D eigenvalue weighted by molar-refractivity contribution is -0.167. The largest absolute Gasteiger partial charge is 0.462 e. The predicted octanol–water partition coefficient (Wildman–Crippen LogP) is 22.7. The Labute approximate surface area is 477 Å². The van der Waals surface area contributed by atoms with Crippen molar-refractivity contribution >= 4 is 17.9 Å². The van der Waals surface area contributed by atoms with E-state index in [1.54, 1.807) is 0 Å². The van der Waals surface area contributed by atoms with E-state index in [0.29, 0.717) is 19.3 Å². The van der Waals surface area contributed by atoms with Crippen molar-refractivity contribution in [1.29, 1.82) is 0 Å². The van der Waals surface area contributed by atoms with Gasteiger partial charge in [0, 0.05) is 19.3 Å². The molecule has 0 saturated carbocycles. The third kappa shape index (κ3) is 63.3. The monoisotopic (exact) mass is 1070 g/mol. The highest BCUT2D eigenvalue weighted by atomic mass is 16.6. The standard InChI is InChI=1S/C71H124O6/c1-4-7-10-13-16-19-21-23-25-27-28-29-30-31-32-33-34-35-36-37-38-39-40-41-42-43-44-45-47-48-50-52-55-58-61-64-70(73)76-67-68(66-75-69(72)63-60-57-54-18-15-12-9-6-3)77-71(74)65-62-59-56-53-51-49-46-26-24-22-20-17-14-11-8-5-2/h7,10,16,19,23,25,28-29,31-32,34-35,37-38,68H,4-6,8-9,11-15,17-18,20-22,24,26-27,30,33,36,39-67H2,1-3H3/b10-7-,19-16-,25-23-,29-28-,32-31-,35-34-,38-37-. The number of hydrogen-bond donors (Lipinski definition) is 0. The first-order valence-electron chi connectivity index (χ1n) is 33.1. The molecule has 1 atom stereocenters. The van der Waals surface area contributed by atoms with E-state index in [1.807, 2.05) is 0 Å². The van der Waals surface area contributed by atoms with Crippen LogP contribution in [0.4, 0.5) is 0 Å². The van der Waals surface area contributed by atoms with E-state index in [1.165, 1.54) is 186 Å². The summed E-state index contributed by atoms with van der Waals surface area (Å²) in [5, 5.41) is 0. The molecule has 0 saturated heterocycles. The minimum Gasteiger partial charge on any atom is -0.462 e. The van der Waals surface area contributed by atoms with Crippen molar-refractivity contribution in [3.05, 3.63) is 85.1 Å². The minimum atomic E-state index is -0.770. The SMILES string of the molecule is CC/C=C\C/C=C\C/C=C\C/C=C\C/C=C\C/C=C\C/C=C\CCCCCCCCCCCCCCCC(=O)OCC(COC(=O)CCCCCCCCCC)OC(=O)CCCCCCCCCCCCCCCCCC. The Balaban J connectivity index is 4.05. The maximum Gasteiger partial charge on any atom is 0.306 e. The van der Waals surface area contributed by atoms with Crippen molar-refractivity contribution in [3.63, 3.8) is 0 Å². The second-order valence-electron chi connectivity index (χ2n) is 22.0. The average Bonchev–Trinajstić information content (AvgIpc) is 3.43. The number of carbonyl (C=O) groups is 3. The first-order chi connectivity index (χ1) is 38.0. The van der Waals surface area contributed by atoms with E-state index in [2.05, 4.69) is 106 Å². The van der Waals surface area contributed by atoms with E-state index in [-0.39, 0.29) is 31.1 Å². The third-order valence-corrected chi connectivity index (χ3v) is 14.4. The summed E-state index contributed by atoms with van der Waals surface area (Å²) in [4.78, 5) is 38.1. The Bertz CT molecular complexity index is 1470. The van der Waals surface area contributed by atoms with Crippen LogP contribution in [0.2, 0.25) is 0 Å². The summed E-state index contributed by atoms with van der Waals surface area (Å²) in [5.74, 6) is -0.860. The smallest absolute Gasteiger partial charge is 0.306 e. The average molecular weight is 1070 g/mol. The van der Waals surface area contributed by atoms with E-state index in [4.69, 9.17) is 14.2 Å². The first-order valence-corrected chi connectivity index (χ1v) is 33.1. The number of rotatable bonds is 60. The number of carbonyl (C=O) groups excluding carboxylic acids is 3. The van der Waals surface area contributed by atoms with Crippen LogP contribution in [0.15, 0.2) is 85.1 Å². The Kier molecular flexibility index (Phi) is 62.2. The van der Waals surface area contributed by atoms with Gasteiger partial charge in [0.1, 0.15) is 13.2 Å². The van der Waals surface area contributed by atoms with E-state index in [0.717, 1.165) is 103 Å². The highest BCUT2D eigenvalue weighted by molar-refractivity contribution is 5.71.